The van der Waals surface area contributed by atoms with Crippen molar-refractivity contribution in [1.82, 2.24) is 4.90 Å². The molecule has 7 heteroatoms. The molecule has 0 spiro atoms. The third kappa shape index (κ3) is 5.74. The van der Waals surface area contributed by atoms with Crippen molar-refractivity contribution in [3.05, 3.63) is 35.9 Å². The van der Waals surface area contributed by atoms with E-state index >= 15 is 0 Å². The number of carbonyl (C=O) groups is 4. The first-order chi connectivity index (χ1) is 10.4. The average Bonchev–Trinajstić information content (AvgIpc) is 2.50. The van der Waals surface area contributed by atoms with Crippen LogP contribution in [0.25, 0.3) is 0 Å². The van der Waals surface area contributed by atoms with Crippen LogP contribution in [0.1, 0.15) is 18.9 Å². The van der Waals surface area contributed by atoms with Gasteiger partial charge in [0, 0.05) is 0 Å². The lowest BCUT2D eigenvalue weighted by atomic mass is 10.2. The van der Waals surface area contributed by atoms with E-state index in [4.69, 9.17) is 4.74 Å². The maximum Gasteiger partial charge on any atom is 0.417 e. The van der Waals surface area contributed by atoms with Gasteiger partial charge in [-0.05, 0) is 12.5 Å². The van der Waals surface area contributed by atoms with Crippen LogP contribution in [0, 0.1) is 0 Å². The SMILES string of the molecule is COC(=O)CN(C(=O)CC(C)=O)C(=O)OCc1ccccc1. The Balaban J connectivity index is 2.71. The summed E-state index contributed by atoms with van der Waals surface area (Å²) in [6.07, 6.45) is -1.49. The second-order valence-corrected chi connectivity index (χ2v) is 4.47. The molecule has 0 bridgehead atoms. The van der Waals surface area contributed by atoms with Crippen LogP contribution in [-0.2, 0) is 30.5 Å². The molecule has 0 fully saturated rings. The molecule has 0 atom stereocenters. The number of rotatable bonds is 6. The van der Waals surface area contributed by atoms with Gasteiger partial charge in [0.15, 0.2) is 0 Å². The molecule has 0 radical (unpaired) electrons. The van der Waals surface area contributed by atoms with Gasteiger partial charge in [0.2, 0.25) is 5.91 Å². The molecular formula is C15H17NO6. The third-order valence-electron chi connectivity index (χ3n) is 2.64. The van der Waals surface area contributed by atoms with Gasteiger partial charge in [0.05, 0.1) is 13.5 Å². The molecule has 0 aliphatic heterocycles. The van der Waals surface area contributed by atoms with E-state index in [-0.39, 0.29) is 6.61 Å². The molecule has 1 rings (SSSR count). The van der Waals surface area contributed by atoms with Crippen molar-refractivity contribution >= 4 is 23.8 Å². The van der Waals surface area contributed by atoms with Crippen molar-refractivity contribution in [2.24, 2.45) is 0 Å². The van der Waals surface area contributed by atoms with Crippen LogP contribution < -0.4 is 0 Å². The maximum atomic E-state index is 12.0. The smallest absolute Gasteiger partial charge is 0.417 e. The number of hydrogen-bond acceptors (Lipinski definition) is 6. The standard InChI is InChI=1S/C15H17NO6/c1-11(17)8-13(18)16(9-14(19)21-2)15(20)22-10-12-6-4-3-5-7-12/h3-7H,8-10H2,1-2H3. The van der Waals surface area contributed by atoms with Gasteiger partial charge in [-0.3, -0.25) is 14.4 Å². The second kappa shape index (κ2) is 8.56. The highest BCUT2D eigenvalue weighted by Gasteiger charge is 2.26. The summed E-state index contributed by atoms with van der Waals surface area (Å²) in [6, 6.07) is 8.85. The molecule has 118 valence electrons. The first kappa shape index (κ1) is 17.4. The summed E-state index contributed by atoms with van der Waals surface area (Å²) in [5.41, 5.74) is 0.730. The fourth-order valence-corrected chi connectivity index (χ4v) is 1.55. The Bertz CT molecular complexity index is 554. The zero-order valence-corrected chi connectivity index (χ0v) is 12.4. The number of benzene rings is 1. The van der Waals surface area contributed by atoms with E-state index in [9.17, 15) is 19.2 Å². The van der Waals surface area contributed by atoms with Crippen molar-refractivity contribution in [2.75, 3.05) is 13.7 Å². The van der Waals surface area contributed by atoms with Gasteiger partial charge < -0.3 is 9.47 Å². The fourth-order valence-electron chi connectivity index (χ4n) is 1.55. The van der Waals surface area contributed by atoms with Gasteiger partial charge in [-0.15, -0.1) is 0 Å². The number of hydrogen-bond donors (Lipinski definition) is 0. The summed E-state index contributed by atoms with van der Waals surface area (Å²) >= 11 is 0. The number of Topliss-reactive ketones (excluding diaryl/α,β-unsaturated/α-hetero) is 1. The number of ketones is 1. The summed E-state index contributed by atoms with van der Waals surface area (Å²) in [5, 5.41) is 0. The Hall–Kier alpha value is -2.70. The number of ether oxygens (including phenoxy) is 2. The molecule has 0 N–H and O–H groups in total. The van der Waals surface area contributed by atoms with Gasteiger partial charge in [-0.1, -0.05) is 30.3 Å². The monoisotopic (exact) mass is 307 g/mol. The van der Waals surface area contributed by atoms with Crippen LogP contribution in [0.5, 0.6) is 0 Å². The highest BCUT2D eigenvalue weighted by Crippen LogP contribution is 2.05. The third-order valence-corrected chi connectivity index (χ3v) is 2.64. The summed E-state index contributed by atoms with van der Waals surface area (Å²) in [6.45, 7) is 0.560. The number of esters is 1. The van der Waals surface area contributed by atoms with E-state index in [0.29, 0.717) is 4.90 Å². The van der Waals surface area contributed by atoms with Crippen LogP contribution >= 0.6 is 0 Å². The summed E-state index contributed by atoms with van der Waals surface area (Å²) in [7, 11) is 1.13. The van der Waals surface area contributed by atoms with Crippen molar-refractivity contribution in [1.29, 1.82) is 0 Å². The minimum atomic E-state index is -1.000. The minimum absolute atomic E-state index is 0.0509. The summed E-state index contributed by atoms with van der Waals surface area (Å²) < 4.78 is 9.41. The van der Waals surface area contributed by atoms with Gasteiger partial charge in [-0.25, -0.2) is 9.69 Å². The highest BCUT2D eigenvalue weighted by atomic mass is 16.6. The van der Waals surface area contributed by atoms with E-state index < -0.39 is 36.7 Å². The fraction of sp³-hybridized carbons (Fsp3) is 0.333. The number of imide groups is 1. The number of nitrogens with zero attached hydrogens (tertiary/aromatic N) is 1. The first-order valence-corrected chi connectivity index (χ1v) is 6.51. The predicted octanol–water partition coefficient (Wildman–Crippen LogP) is 1.30. The van der Waals surface area contributed by atoms with Crippen LogP contribution in [0.2, 0.25) is 0 Å². The van der Waals surface area contributed by atoms with Gasteiger partial charge in [0.1, 0.15) is 18.9 Å². The minimum Gasteiger partial charge on any atom is -0.468 e. The molecule has 0 unspecified atom stereocenters. The molecular weight excluding hydrogens is 290 g/mol. The Morgan fingerprint density at radius 2 is 1.73 bits per heavy atom. The van der Waals surface area contributed by atoms with Crippen molar-refractivity contribution in [3.63, 3.8) is 0 Å². The van der Waals surface area contributed by atoms with Gasteiger partial charge in [-0.2, -0.15) is 0 Å². The predicted molar refractivity (Wildman–Crippen MR) is 75.7 cm³/mol. The summed E-state index contributed by atoms with van der Waals surface area (Å²) in [5.74, 6) is -2.01. The number of carbonyl (C=O) groups excluding carboxylic acids is 4. The maximum absolute atomic E-state index is 12.0. The Morgan fingerprint density at radius 1 is 1.09 bits per heavy atom. The topological polar surface area (TPSA) is 90.0 Å². The van der Waals surface area contributed by atoms with Crippen molar-refractivity contribution < 1.29 is 28.7 Å². The van der Waals surface area contributed by atoms with Crippen molar-refractivity contribution in [2.45, 2.75) is 20.0 Å². The quantitative estimate of drug-likeness (QED) is 0.581. The lowest BCUT2D eigenvalue weighted by Gasteiger charge is -2.18. The molecule has 7 nitrogen and oxygen atoms in total. The van der Waals surface area contributed by atoms with E-state index in [0.717, 1.165) is 12.7 Å². The van der Waals surface area contributed by atoms with E-state index in [1.54, 1.807) is 24.3 Å². The van der Waals surface area contributed by atoms with Crippen LogP contribution in [0.4, 0.5) is 4.79 Å². The second-order valence-electron chi connectivity index (χ2n) is 4.47. The molecule has 1 aromatic rings. The highest BCUT2D eigenvalue weighted by molar-refractivity contribution is 6.04. The molecule has 0 saturated carbocycles. The van der Waals surface area contributed by atoms with Crippen molar-refractivity contribution in [3.8, 4) is 0 Å². The largest absolute Gasteiger partial charge is 0.468 e. The molecule has 0 aliphatic rings. The Morgan fingerprint density at radius 3 is 2.27 bits per heavy atom. The average molecular weight is 307 g/mol. The zero-order valence-electron chi connectivity index (χ0n) is 12.4. The molecule has 1 aromatic carbocycles. The molecule has 22 heavy (non-hydrogen) atoms. The van der Waals surface area contributed by atoms with Crippen LogP contribution in [-0.4, -0.2) is 42.3 Å². The Labute approximate surface area is 127 Å². The van der Waals surface area contributed by atoms with E-state index in [1.165, 1.54) is 6.92 Å². The number of methoxy groups -OCH3 is 1. The Kier molecular flexibility index (Phi) is 6.75. The molecule has 0 saturated heterocycles. The number of amides is 2. The first-order valence-electron chi connectivity index (χ1n) is 6.51. The molecule has 2 amide bonds. The molecule has 0 heterocycles. The van der Waals surface area contributed by atoms with Crippen LogP contribution in [0.3, 0.4) is 0 Å². The zero-order chi connectivity index (χ0) is 16.5. The van der Waals surface area contributed by atoms with Crippen LogP contribution in [0.15, 0.2) is 30.3 Å². The van der Waals surface area contributed by atoms with Gasteiger partial charge in [0.25, 0.3) is 0 Å². The summed E-state index contributed by atoms with van der Waals surface area (Å²) in [4.78, 5) is 46.7. The molecule has 0 aliphatic carbocycles. The van der Waals surface area contributed by atoms with E-state index in [2.05, 4.69) is 4.74 Å². The van der Waals surface area contributed by atoms with Gasteiger partial charge >= 0.3 is 12.1 Å². The lowest BCUT2D eigenvalue weighted by molar-refractivity contribution is -0.146. The normalized spacial score (nSPS) is 9.73. The molecule has 0 aromatic heterocycles. The van der Waals surface area contributed by atoms with E-state index in [1.807, 2.05) is 6.07 Å². The lowest BCUT2D eigenvalue weighted by Crippen LogP contribution is -2.41.